The zero-order chi connectivity index (χ0) is 23.1. The van der Waals surface area contributed by atoms with Gasteiger partial charge < -0.3 is 4.74 Å². The van der Waals surface area contributed by atoms with E-state index in [1.807, 2.05) is 42.5 Å². The largest absolute Gasteiger partial charge is 0.473 e. The van der Waals surface area contributed by atoms with Crippen molar-refractivity contribution in [2.45, 2.75) is 5.60 Å². The summed E-state index contributed by atoms with van der Waals surface area (Å²) >= 11 is 0. The summed E-state index contributed by atoms with van der Waals surface area (Å²) in [6.07, 6.45) is 2.08. The first-order chi connectivity index (χ1) is 16.6. The molecule has 0 saturated carbocycles. The molecule has 0 atom stereocenters. The Kier molecular flexibility index (Phi) is 4.77. The van der Waals surface area contributed by atoms with Gasteiger partial charge in [-0.3, -0.25) is 0 Å². The van der Waals surface area contributed by atoms with Gasteiger partial charge in [-0.25, -0.2) is 8.78 Å². The average molecular weight is 446 g/mol. The first-order valence-corrected chi connectivity index (χ1v) is 11.2. The molecule has 1 nitrogen and oxygen atoms in total. The number of rotatable bonds is 3. The Morgan fingerprint density at radius 1 is 0.559 bits per heavy atom. The van der Waals surface area contributed by atoms with Gasteiger partial charge in [-0.05, 0) is 58.3 Å². The quantitative estimate of drug-likeness (QED) is 0.274. The molecular weight excluding hydrogens is 426 g/mol. The normalized spacial score (nSPS) is 14.2. The third kappa shape index (κ3) is 3.29. The number of ether oxygens (including phenoxy) is 1. The second-order valence-corrected chi connectivity index (χ2v) is 8.44. The van der Waals surface area contributed by atoms with Crippen LogP contribution in [0.25, 0.3) is 16.3 Å². The van der Waals surface area contributed by atoms with Gasteiger partial charge in [-0.1, -0.05) is 84.9 Å². The second kappa shape index (κ2) is 7.96. The maximum Gasteiger partial charge on any atom is 0.178 e. The molecule has 1 aliphatic heterocycles. The summed E-state index contributed by atoms with van der Waals surface area (Å²) in [7, 11) is 0. The fourth-order valence-corrected chi connectivity index (χ4v) is 4.78. The Morgan fingerprint density at radius 2 is 1.15 bits per heavy atom. The maximum atomic E-state index is 13.9. The molecule has 0 bridgehead atoms. The van der Waals surface area contributed by atoms with Crippen LogP contribution in [0.15, 0.2) is 121 Å². The highest BCUT2D eigenvalue weighted by Crippen LogP contribution is 2.49. The van der Waals surface area contributed by atoms with Crippen LogP contribution in [-0.2, 0) is 5.60 Å². The smallest absolute Gasteiger partial charge is 0.178 e. The van der Waals surface area contributed by atoms with Gasteiger partial charge >= 0.3 is 0 Å². The van der Waals surface area contributed by atoms with Crippen molar-refractivity contribution < 1.29 is 13.5 Å². The number of halogens is 2. The van der Waals surface area contributed by atoms with Crippen LogP contribution in [0, 0.1) is 11.6 Å². The average Bonchev–Trinajstić information content (AvgIpc) is 2.89. The number of hydrogen-bond acceptors (Lipinski definition) is 1. The second-order valence-electron chi connectivity index (χ2n) is 8.44. The molecule has 0 N–H and O–H groups in total. The van der Waals surface area contributed by atoms with Gasteiger partial charge in [0.25, 0.3) is 0 Å². The monoisotopic (exact) mass is 446 g/mol. The van der Waals surface area contributed by atoms with E-state index >= 15 is 0 Å². The van der Waals surface area contributed by atoms with Crippen LogP contribution < -0.4 is 4.74 Å². The summed E-state index contributed by atoms with van der Waals surface area (Å²) < 4.78 is 34.6. The van der Waals surface area contributed by atoms with Crippen molar-refractivity contribution >= 4 is 16.3 Å². The predicted molar refractivity (Wildman–Crippen MR) is 132 cm³/mol. The highest BCUT2D eigenvalue weighted by atomic mass is 19.1. The molecule has 0 aliphatic carbocycles. The predicted octanol–water partition coefficient (Wildman–Crippen LogP) is 7.89. The fraction of sp³-hybridized carbons (Fsp3) is 0.0323. The Labute approximate surface area is 196 Å². The van der Waals surface area contributed by atoms with E-state index in [0.29, 0.717) is 5.75 Å². The molecule has 5 aromatic rings. The van der Waals surface area contributed by atoms with Gasteiger partial charge in [0.1, 0.15) is 17.4 Å². The molecular formula is C31H20F2O. The molecule has 0 radical (unpaired) electrons. The van der Waals surface area contributed by atoms with Crippen LogP contribution in [0.4, 0.5) is 8.78 Å². The molecule has 164 valence electrons. The van der Waals surface area contributed by atoms with Crippen molar-refractivity contribution in [3.8, 4) is 5.75 Å². The van der Waals surface area contributed by atoms with Crippen LogP contribution in [0.1, 0.15) is 22.3 Å². The zero-order valence-corrected chi connectivity index (χ0v) is 18.2. The molecule has 0 saturated heterocycles. The molecule has 3 heteroatoms. The van der Waals surface area contributed by atoms with Gasteiger partial charge in [-0.15, -0.1) is 0 Å². The lowest BCUT2D eigenvalue weighted by molar-refractivity contribution is 0.160. The van der Waals surface area contributed by atoms with Crippen LogP contribution in [0.5, 0.6) is 5.75 Å². The van der Waals surface area contributed by atoms with E-state index < -0.39 is 5.60 Å². The van der Waals surface area contributed by atoms with Crippen molar-refractivity contribution in [2.75, 3.05) is 0 Å². The summed E-state index contributed by atoms with van der Waals surface area (Å²) in [4.78, 5) is 0. The van der Waals surface area contributed by atoms with E-state index in [4.69, 9.17) is 4.74 Å². The molecule has 1 heterocycles. The van der Waals surface area contributed by atoms with Gasteiger partial charge in [0.05, 0.1) is 0 Å². The maximum absolute atomic E-state index is 13.9. The van der Waals surface area contributed by atoms with E-state index in [0.717, 1.165) is 38.6 Å². The van der Waals surface area contributed by atoms with Crippen molar-refractivity contribution in [2.24, 2.45) is 0 Å². The minimum Gasteiger partial charge on any atom is -0.473 e. The lowest BCUT2D eigenvalue weighted by atomic mass is 9.79. The van der Waals surface area contributed by atoms with E-state index in [9.17, 15) is 8.78 Å². The van der Waals surface area contributed by atoms with Crippen LogP contribution in [0.2, 0.25) is 0 Å². The van der Waals surface area contributed by atoms with Gasteiger partial charge in [0.2, 0.25) is 0 Å². The Morgan fingerprint density at radius 3 is 1.79 bits per heavy atom. The lowest BCUT2D eigenvalue weighted by Gasteiger charge is -2.38. The number of fused-ring (bicyclic) bond motifs is 3. The summed E-state index contributed by atoms with van der Waals surface area (Å²) in [6.45, 7) is 0. The Bertz CT molecular complexity index is 1470. The van der Waals surface area contributed by atoms with Gasteiger partial charge in [-0.2, -0.15) is 0 Å². The van der Waals surface area contributed by atoms with Crippen LogP contribution in [-0.4, -0.2) is 0 Å². The van der Waals surface area contributed by atoms with E-state index in [1.54, 1.807) is 24.3 Å². The number of benzene rings is 5. The zero-order valence-electron chi connectivity index (χ0n) is 18.2. The topological polar surface area (TPSA) is 9.23 Å². The molecule has 34 heavy (non-hydrogen) atoms. The third-order valence-electron chi connectivity index (χ3n) is 6.41. The summed E-state index contributed by atoms with van der Waals surface area (Å²) in [5.41, 5.74) is 3.50. The standard InChI is InChI=1S/C31H20F2O/c32-25-15-11-23(12-16-25)31(24-13-17-26(33)18-14-24)20-28(21-6-2-1-3-7-21)30-27-9-5-4-8-22(27)10-19-29(30)34-31/h1-20H. The van der Waals surface area contributed by atoms with E-state index in [1.165, 1.54) is 24.3 Å². The fourth-order valence-electron chi connectivity index (χ4n) is 4.78. The van der Waals surface area contributed by atoms with Crippen LogP contribution in [0.3, 0.4) is 0 Å². The minimum absolute atomic E-state index is 0.326. The molecule has 0 unspecified atom stereocenters. The third-order valence-corrected chi connectivity index (χ3v) is 6.41. The van der Waals surface area contributed by atoms with Crippen molar-refractivity contribution in [1.82, 2.24) is 0 Å². The molecule has 1 aliphatic rings. The molecule has 6 rings (SSSR count). The first-order valence-electron chi connectivity index (χ1n) is 11.2. The lowest BCUT2D eigenvalue weighted by Crippen LogP contribution is -2.35. The summed E-state index contributed by atoms with van der Waals surface area (Å²) in [5.74, 6) is 0.0636. The number of hydrogen-bond donors (Lipinski definition) is 0. The Balaban J connectivity index is 1.71. The highest BCUT2D eigenvalue weighted by molar-refractivity contribution is 6.01. The van der Waals surface area contributed by atoms with E-state index in [2.05, 4.69) is 30.3 Å². The first kappa shape index (κ1) is 20.4. The molecule has 0 aromatic heterocycles. The Hall–Kier alpha value is -4.24. The highest BCUT2D eigenvalue weighted by Gasteiger charge is 2.40. The molecule has 0 fully saturated rings. The summed E-state index contributed by atoms with van der Waals surface area (Å²) in [6, 6.07) is 35.0. The van der Waals surface area contributed by atoms with Crippen molar-refractivity contribution in [3.63, 3.8) is 0 Å². The van der Waals surface area contributed by atoms with E-state index in [-0.39, 0.29) is 11.6 Å². The van der Waals surface area contributed by atoms with Gasteiger partial charge in [0, 0.05) is 16.7 Å². The SMILES string of the molecule is Fc1ccc(C2(c3ccc(F)cc3)C=C(c3ccccc3)c3c(ccc4ccccc34)O2)cc1. The van der Waals surface area contributed by atoms with Gasteiger partial charge in [0.15, 0.2) is 5.60 Å². The summed E-state index contributed by atoms with van der Waals surface area (Å²) in [5, 5.41) is 2.20. The van der Waals surface area contributed by atoms with Crippen molar-refractivity contribution in [3.05, 3.63) is 155 Å². The van der Waals surface area contributed by atoms with Crippen LogP contribution >= 0.6 is 0 Å². The molecule has 0 spiro atoms. The van der Waals surface area contributed by atoms with Crippen molar-refractivity contribution in [1.29, 1.82) is 0 Å². The molecule has 5 aromatic carbocycles. The molecule has 0 amide bonds. The minimum atomic E-state index is -1.07.